The average molecular weight is 332 g/mol. The standard InChI is InChI=1S/C19H28N2O3/c1-5-6-11-21-17(22)12-16(19(23)20-13(2)3)18(21)14-7-9-15(24-4)10-8-14/h7-10,13,16,18H,5-6,11-12H2,1-4H3,(H,20,23)/t16-,18+/m1/s1. The third kappa shape index (κ3) is 4.08. The maximum Gasteiger partial charge on any atom is 0.226 e. The highest BCUT2D eigenvalue weighted by molar-refractivity contribution is 5.90. The second-order valence-electron chi connectivity index (χ2n) is 6.63. The van der Waals surface area contributed by atoms with Crippen molar-refractivity contribution in [1.29, 1.82) is 0 Å². The van der Waals surface area contributed by atoms with Gasteiger partial charge in [0.25, 0.3) is 0 Å². The van der Waals surface area contributed by atoms with E-state index >= 15 is 0 Å². The molecule has 0 bridgehead atoms. The summed E-state index contributed by atoms with van der Waals surface area (Å²) < 4.78 is 5.21. The smallest absolute Gasteiger partial charge is 0.226 e. The van der Waals surface area contributed by atoms with E-state index in [1.165, 1.54) is 0 Å². The van der Waals surface area contributed by atoms with Crippen LogP contribution in [-0.4, -0.2) is 36.4 Å². The van der Waals surface area contributed by atoms with Gasteiger partial charge in [0, 0.05) is 19.0 Å². The number of rotatable bonds is 7. The molecular weight excluding hydrogens is 304 g/mol. The number of hydrogen-bond donors (Lipinski definition) is 1. The summed E-state index contributed by atoms with van der Waals surface area (Å²) in [5.41, 5.74) is 0.988. The van der Waals surface area contributed by atoms with Crippen LogP contribution in [0.15, 0.2) is 24.3 Å². The van der Waals surface area contributed by atoms with E-state index in [1.54, 1.807) is 7.11 Å². The number of ether oxygens (including phenoxy) is 1. The van der Waals surface area contributed by atoms with Crippen LogP contribution in [0.5, 0.6) is 5.75 Å². The third-order valence-corrected chi connectivity index (χ3v) is 4.41. The molecule has 0 aromatic heterocycles. The molecule has 1 heterocycles. The van der Waals surface area contributed by atoms with Crippen LogP contribution < -0.4 is 10.1 Å². The first-order valence-electron chi connectivity index (χ1n) is 8.71. The lowest BCUT2D eigenvalue weighted by Crippen LogP contribution is -2.38. The van der Waals surface area contributed by atoms with Gasteiger partial charge in [0.15, 0.2) is 0 Å². The Balaban J connectivity index is 2.31. The topological polar surface area (TPSA) is 58.6 Å². The minimum atomic E-state index is -0.342. The van der Waals surface area contributed by atoms with Crippen molar-refractivity contribution in [2.75, 3.05) is 13.7 Å². The summed E-state index contributed by atoms with van der Waals surface area (Å²) in [6, 6.07) is 7.54. The number of amides is 2. The van der Waals surface area contributed by atoms with Gasteiger partial charge in [-0.3, -0.25) is 9.59 Å². The molecule has 24 heavy (non-hydrogen) atoms. The Morgan fingerprint density at radius 1 is 1.33 bits per heavy atom. The summed E-state index contributed by atoms with van der Waals surface area (Å²) in [5, 5.41) is 2.96. The molecule has 1 aliphatic rings. The van der Waals surface area contributed by atoms with E-state index in [2.05, 4.69) is 12.2 Å². The predicted molar refractivity (Wildman–Crippen MR) is 93.7 cm³/mol. The molecule has 132 valence electrons. The fraction of sp³-hybridized carbons (Fsp3) is 0.579. The molecule has 2 amide bonds. The molecule has 2 rings (SSSR count). The summed E-state index contributed by atoms with van der Waals surface area (Å²) in [6.45, 7) is 6.67. The second kappa shape index (κ2) is 8.18. The predicted octanol–water partition coefficient (Wildman–Crippen LogP) is 2.91. The van der Waals surface area contributed by atoms with Crippen molar-refractivity contribution in [3.8, 4) is 5.75 Å². The molecule has 1 fully saturated rings. The quantitative estimate of drug-likeness (QED) is 0.835. The molecular formula is C19H28N2O3. The van der Waals surface area contributed by atoms with Gasteiger partial charge in [-0.1, -0.05) is 25.5 Å². The zero-order valence-corrected chi connectivity index (χ0v) is 15.0. The summed E-state index contributed by atoms with van der Waals surface area (Å²) in [6.07, 6.45) is 2.23. The number of nitrogens with zero attached hydrogens (tertiary/aromatic N) is 1. The van der Waals surface area contributed by atoms with Crippen LogP contribution in [0.2, 0.25) is 0 Å². The molecule has 0 aliphatic carbocycles. The number of nitrogens with one attached hydrogen (secondary N) is 1. The molecule has 1 saturated heterocycles. The minimum absolute atomic E-state index is 0.0434. The molecule has 0 radical (unpaired) electrons. The summed E-state index contributed by atoms with van der Waals surface area (Å²) in [4.78, 5) is 27.0. The number of benzene rings is 1. The van der Waals surface area contributed by atoms with Crippen LogP contribution in [0.1, 0.15) is 51.6 Å². The Hall–Kier alpha value is -2.04. The first kappa shape index (κ1) is 18.3. The summed E-state index contributed by atoms with van der Waals surface area (Å²) >= 11 is 0. The molecule has 1 N–H and O–H groups in total. The van der Waals surface area contributed by atoms with Crippen LogP contribution in [-0.2, 0) is 9.59 Å². The maximum atomic E-state index is 12.6. The van der Waals surface area contributed by atoms with E-state index < -0.39 is 0 Å². The third-order valence-electron chi connectivity index (χ3n) is 4.41. The Labute approximate surface area is 144 Å². The molecule has 1 aromatic carbocycles. The van der Waals surface area contributed by atoms with Crippen molar-refractivity contribution in [2.24, 2.45) is 5.92 Å². The molecule has 1 aromatic rings. The average Bonchev–Trinajstić information content (AvgIpc) is 2.89. The van der Waals surface area contributed by atoms with E-state index in [1.807, 2.05) is 43.0 Å². The van der Waals surface area contributed by atoms with E-state index in [-0.39, 0.29) is 36.2 Å². The fourth-order valence-corrected chi connectivity index (χ4v) is 3.22. The highest BCUT2D eigenvalue weighted by Gasteiger charge is 2.44. The van der Waals surface area contributed by atoms with Crippen LogP contribution in [0.25, 0.3) is 0 Å². The molecule has 0 unspecified atom stereocenters. The Morgan fingerprint density at radius 2 is 2.00 bits per heavy atom. The monoisotopic (exact) mass is 332 g/mol. The van der Waals surface area contributed by atoms with Crippen molar-refractivity contribution < 1.29 is 14.3 Å². The van der Waals surface area contributed by atoms with E-state index in [0.29, 0.717) is 6.54 Å². The maximum absolute atomic E-state index is 12.6. The first-order chi connectivity index (χ1) is 11.5. The Morgan fingerprint density at radius 3 is 2.54 bits per heavy atom. The number of likely N-dealkylation sites (tertiary alicyclic amines) is 1. The number of unbranched alkanes of at least 4 members (excludes halogenated alkanes) is 1. The van der Waals surface area contributed by atoms with Gasteiger partial charge in [-0.25, -0.2) is 0 Å². The van der Waals surface area contributed by atoms with Gasteiger partial charge in [0.2, 0.25) is 11.8 Å². The lowest BCUT2D eigenvalue weighted by molar-refractivity contribution is -0.129. The first-order valence-corrected chi connectivity index (χ1v) is 8.71. The zero-order chi connectivity index (χ0) is 17.7. The normalized spacial score (nSPS) is 20.5. The summed E-state index contributed by atoms with van der Waals surface area (Å²) in [5.74, 6) is 0.447. The molecule has 0 saturated carbocycles. The molecule has 5 nitrogen and oxygen atoms in total. The van der Waals surface area contributed by atoms with Gasteiger partial charge in [0.1, 0.15) is 5.75 Å². The lowest BCUT2D eigenvalue weighted by Gasteiger charge is -2.28. The second-order valence-corrected chi connectivity index (χ2v) is 6.63. The van der Waals surface area contributed by atoms with Gasteiger partial charge in [-0.05, 0) is 38.0 Å². The fourth-order valence-electron chi connectivity index (χ4n) is 3.22. The number of carbonyl (C=O) groups is 2. The Kier molecular flexibility index (Phi) is 6.23. The van der Waals surface area contributed by atoms with Crippen molar-refractivity contribution >= 4 is 11.8 Å². The highest BCUT2D eigenvalue weighted by Crippen LogP contribution is 2.39. The van der Waals surface area contributed by atoms with Crippen LogP contribution in [0.3, 0.4) is 0 Å². The molecule has 5 heteroatoms. The van der Waals surface area contributed by atoms with E-state index in [4.69, 9.17) is 4.74 Å². The van der Waals surface area contributed by atoms with E-state index in [9.17, 15) is 9.59 Å². The van der Waals surface area contributed by atoms with Gasteiger partial charge in [-0.15, -0.1) is 0 Å². The van der Waals surface area contributed by atoms with Crippen LogP contribution in [0.4, 0.5) is 0 Å². The van der Waals surface area contributed by atoms with Crippen LogP contribution >= 0.6 is 0 Å². The van der Waals surface area contributed by atoms with Crippen molar-refractivity contribution in [3.63, 3.8) is 0 Å². The van der Waals surface area contributed by atoms with Gasteiger partial charge in [0.05, 0.1) is 19.1 Å². The van der Waals surface area contributed by atoms with E-state index in [0.717, 1.165) is 24.2 Å². The van der Waals surface area contributed by atoms with Gasteiger partial charge >= 0.3 is 0 Å². The number of hydrogen-bond acceptors (Lipinski definition) is 3. The van der Waals surface area contributed by atoms with Crippen LogP contribution in [0, 0.1) is 5.92 Å². The van der Waals surface area contributed by atoms with Crippen molar-refractivity contribution in [2.45, 2.75) is 52.1 Å². The van der Waals surface area contributed by atoms with Crippen molar-refractivity contribution in [1.82, 2.24) is 10.2 Å². The lowest BCUT2D eigenvalue weighted by atomic mass is 9.92. The molecule has 2 atom stereocenters. The number of methoxy groups -OCH3 is 1. The van der Waals surface area contributed by atoms with Gasteiger partial charge < -0.3 is 15.0 Å². The molecule has 0 spiro atoms. The summed E-state index contributed by atoms with van der Waals surface area (Å²) in [7, 11) is 1.63. The SMILES string of the molecule is CCCCN1C(=O)C[C@@H](C(=O)NC(C)C)[C@@H]1c1ccc(OC)cc1. The largest absolute Gasteiger partial charge is 0.497 e. The van der Waals surface area contributed by atoms with Crippen molar-refractivity contribution in [3.05, 3.63) is 29.8 Å². The molecule has 1 aliphatic heterocycles. The number of carbonyl (C=O) groups excluding carboxylic acids is 2. The minimum Gasteiger partial charge on any atom is -0.497 e. The highest BCUT2D eigenvalue weighted by atomic mass is 16.5. The van der Waals surface area contributed by atoms with Gasteiger partial charge in [-0.2, -0.15) is 0 Å². The zero-order valence-electron chi connectivity index (χ0n) is 15.0. The Bertz CT molecular complexity index is 568.